The minimum Gasteiger partial charge on any atom is -0.354 e. The van der Waals surface area contributed by atoms with Crippen molar-refractivity contribution >= 4 is 17.4 Å². The third kappa shape index (κ3) is 2.81. The van der Waals surface area contributed by atoms with Gasteiger partial charge < -0.3 is 10.3 Å². The molecule has 0 aliphatic rings. The number of ketones is 1. The maximum absolute atomic E-state index is 12.4. The van der Waals surface area contributed by atoms with Crippen LogP contribution in [0.4, 0.5) is 5.69 Å². The molecule has 0 saturated carbocycles. The number of Topliss-reactive ketones (excluding diaryl/α,β-unsaturated/α-hetero) is 1. The number of amides is 1. The van der Waals surface area contributed by atoms with E-state index < -0.39 is 0 Å². The van der Waals surface area contributed by atoms with E-state index in [1.165, 1.54) is 30.5 Å². The number of nitrogens with zero attached hydrogens (tertiary/aromatic N) is 4. The SMILES string of the molecule is CC(=O)c1c(C)[nH]c(C(=O)Nc2ccc(-n3cncn3)nc2)c1C. The van der Waals surface area contributed by atoms with E-state index >= 15 is 0 Å². The minimum absolute atomic E-state index is 0.0702. The second-order valence-corrected chi connectivity index (χ2v) is 5.38. The lowest BCUT2D eigenvalue weighted by Gasteiger charge is -2.06. The highest BCUT2D eigenvalue weighted by Gasteiger charge is 2.19. The quantitative estimate of drug-likeness (QED) is 0.715. The highest BCUT2D eigenvalue weighted by atomic mass is 16.2. The first-order valence-electron chi connectivity index (χ1n) is 7.30. The summed E-state index contributed by atoms with van der Waals surface area (Å²) in [7, 11) is 0. The van der Waals surface area contributed by atoms with Crippen LogP contribution in [0.1, 0.15) is 39.0 Å². The van der Waals surface area contributed by atoms with Crippen molar-refractivity contribution in [2.45, 2.75) is 20.8 Å². The molecule has 0 aliphatic heterocycles. The summed E-state index contributed by atoms with van der Waals surface area (Å²) < 4.78 is 1.52. The first kappa shape index (κ1) is 15.6. The third-order valence-corrected chi connectivity index (χ3v) is 3.68. The van der Waals surface area contributed by atoms with Crippen LogP contribution in [0.5, 0.6) is 0 Å². The molecule has 0 aromatic carbocycles. The van der Waals surface area contributed by atoms with Gasteiger partial charge in [-0.1, -0.05) is 0 Å². The van der Waals surface area contributed by atoms with Crippen molar-refractivity contribution in [3.05, 3.63) is 53.5 Å². The molecule has 0 atom stereocenters. The highest BCUT2D eigenvalue weighted by molar-refractivity contribution is 6.07. The van der Waals surface area contributed by atoms with Gasteiger partial charge in [-0.2, -0.15) is 5.10 Å². The van der Waals surface area contributed by atoms with Crippen LogP contribution >= 0.6 is 0 Å². The molecule has 0 aliphatic carbocycles. The zero-order valence-corrected chi connectivity index (χ0v) is 13.5. The van der Waals surface area contributed by atoms with E-state index in [1.54, 1.807) is 26.0 Å². The molecule has 0 saturated heterocycles. The number of aromatic amines is 1. The summed E-state index contributed by atoms with van der Waals surface area (Å²) in [5.74, 6) is 0.203. The summed E-state index contributed by atoms with van der Waals surface area (Å²) in [6.45, 7) is 5.01. The summed E-state index contributed by atoms with van der Waals surface area (Å²) in [4.78, 5) is 35.1. The first-order chi connectivity index (χ1) is 11.5. The van der Waals surface area contributed by atoms with E-state index in [0.717, 1.165) is 0 Å². The van der Waals surface area contributed by atoms with Gasteiger partial charge in [0, 0.05) is 11.3 Å². The van der Waals surface area contributed by atoms with E-state index in [0.29, 0.717) is 34.0 Å². The maximum atomic E-state index is 12.4. The predicted molar refractivity (Wildman–Crippen MR) is 87.4 cm³/mol. The third-order valence-electron chi connectivity index (χ3n) is 3.68. The van der Waals surface area contributed by atoms with Crippen molar-refractivity contribution in [1.82, 2.24) is 24.7 Å². The van der Waals surface area contributed by atoms with E-state index in [2.05, 4.69) is 25.4 Å². The Balaban J connectivity index is 1.80. The standard InChI is InChI=1S/C16H16N6O2/c1-9-14(11(3)23)10(2)20-15(9)16(24)21-12-4-5-13(18-6-12)22-8-17-7-19-22/h4-8,20H,1-3H3,(H,21,24). The fourth-order valence-electron chi connectivity index (χ4n) is 2.62. The number of pyridine rings is 1. The summed E-state index contributed by atoms with van der Waals surface area (Å²) in [6, 6.07) is 3.44. The lowest BCUT2D eigenvalue weighted by Crippen LogP contribution is -2.14. The molecule has 122 valence electrons. The molecule has 0 bridgehead atoms. The van der Waals surface area contributed by atoms with Crippen molar-refractivity contribution in [1.29, 1.82) is 0 Å². The number of carbonyl (C=O) groups excluding carboxylic acids is 2. The first-order valence-corrected chi connectivity index (χ1v) is 7.30. The smallest absolute Gasteiger partial charge is 0.272 e. The van der Waals surface area contributed by atoms with Crippen LogP contribution < -0.4 is 5.32 Å². The minimum atomic E-state index is -0.321. The normalized spacial score (nSPS) is 10.6. The molecular formula is C16H16N6O2. The van der Waals surface area contributed by atoms with E-state index in [1.807, 2.05) is 0 Å². The highest BCUT2D eigenvalue weighted by Crippen LogP contribution is 2.19. The van der Waals surface area contributed by atoms with Gasteiger partial charge in [0.15, 0.2) is 11.6 Å². The molecule has 0 spiro atoms. The van der Waals surface area contributed by atoms with E-state index in [9.17, 15) is 9.59 Å². The number of hydrogen-bond donors (Lipinski definition) is 2. The van der Waals surface area contributed by atoms with Crippen LogP contribution in [0.15, 0.2) is 31.0 Å². The van der Waals surface area contributed by atoms with Gasteiger partial charge in [0.25, 0.3) is 5.91 Å². The van der Waals surface area contributed by atoms with Crippen LogP contribution in [0.3, 0.4) is 0 Å². The van der Waals surface area contributed by atoms with Crippen LogP contribution in [0, 0.1) is 13.8 Å². The summed E-state index contributed by atoms with van der Waals surface area (Å²) in [5, 5.41) is 6.75. The Kier molecular flexibility index (Phi) is 3.95. The average molecular weight is 324 g/mol. The Morgan fingerprint density at radius 2 is 2.04 bits per heavy atom. The Labute approximate surface area is 137 Å². The van der Waals surface area contributed by atoms with Crippen LogP contribution in [0.25, 0.3) is 5.82 Å². The molecule has 3 aromatic rings. The van der Waals surface area contributed by atoms with E-state index in [-0.39, 0.29) is 11.7 Å². The predicted octanol–water partition coefficient (Wildman–Crippen LogP) is 2.06. The summed E-state index contributed by atoms with van der Waals surface area (Å²) >= 11 is 0. The van der Waals surface area contributed by atoms with Gasteiger partial charge >= 0.3 is 0 Å². The topological polar surface area (TPSA) is 106 Å². The van der Waals surface area contributed by atoms with Gasteiger partial charge in [-0.05, 0) is 38.5 Å². The van der Waals surface area contributed by atoms with Gasteiger partial charge in [0.05, 0.1) is 11.9 Å². The van der Waals surface area contributed by atoms with Crippen molar-refractivity contribution in [2.75, 3.05) is 5.32 Å². The number of H-pyrrole nitrogens is 1. The Hall–Kier alpha value is -3.29. The Morgan fingerprint density at radius 1 is 1.25 bits per heavy atom. The van der Waals surface area contributed by atoms with Gasteiger partial charge in [-0.25, -0.2) is 14.6 Å². The zero-order chi connectivity index (χ0) is 17.3. The maximum Gasteiger partial charge on any atom is 0.272 e. The van der Waals surface area contributed by atoms with Crippen molar-refractivity contribution in [2.24, 2.45) is 0 Å². The molecule has 1 amide bonds. The fraction of sp³-hybridized carbons (Fsp3) is 0.188. The zero-order valence-electron chi connectivity index (χ0n) is 13.5. The Morgan fingerprint density at radius 3 is 2.58 bits per heavy atom. The van der Waals surface area contributed by atoms with Crippen molar-refractivity contribution in [3.8, 4) is 5.82 Å². The second-order valence-electron chi connectivity index (χ2n) is 5.38. The van der Waals surface area contributed by atoms with Crippen LogP contribution in [-0.2, 0) is 0 Å². The molecule has 0 radical (unpaired) electrons. The van der Waals surface area contributed by atoms with Crippen LogP contribution in [0.2, 0.25) is 0 Å². The molecule has 8 nitrogen and oxygen atoms in total. The fourth-order valence-corrected chi connectivity index (χ4v) is 2.62. The van der Waals surface area contributed by atoms with Crippen LogP contribution in [-0.4, -0.2) is 36.4 Å². The average Bonchev–Trinajstić information content (AvgIpc) is 3.16. The van der Waals surface area contributed by atoms with Gasteiger partial charge in [0.1, 0.15) is 18.3 Å². The van der Waals surface area contributed by atoms with E-state index in [4.69, 9.17) is 0 Å². The molecular weight excluding hydrogens is 308 g/mol. The summed E-state index contributed by atoms with van der Waals surface area (Å²) in [5.41, 5.74) is 2.80. The molecule has 2 N–H and O–H groups in total. The number of hydrogen-bond acceptors (Lipinski definition) is 5. The lowest BCUT2D eigenvalue weighted by atomic mass is 10.1. The number of anilines is 1. The molecule has 8 heteroatoms. The second kappa shape index (κ2) is 6.07. The van der Waals surface area contributed by atoms with Gasteiger partial charge in [-0.3, -0.25) is 9.59 Å². The lowest BCUT2D eigenvalue weighted by molar-refractivity contribution is 0.101. The number of rotatable bonds is 4. The number of carbonyl (C=O) groups is 2. The molecule has 3 rings (SSSR count). The molecule has 24 heavy (non-hydrogen) atoms. The van der Waals surface area contributed by atoms with Crippen molar-refractivity contribution < 1.29 is 9.59 Å². The van der Waals surface area contributed by atoms with Gasteiger partial charge in [0.2, 0.25) is 0 Å². The van der Waals surface area contributed by atoms with Crippen molar-refractivity contribution in [3.63, 3.8) is 0 Å². The number of aryl methyl sites for hydroxylation is 1. The molecule has 0 unspecified atom stereocenters. The largest absolute Gasteiger partial charge is 0.354 e. The molecule has 3 heterocycles. The molecule has 3 aromatic heterocycles. The Bertz CT molecular complexity index is 894. The summed E-state index contributed by atoms with van der Waals surface area (Å²) in [6.07, 6.45) is 4.49. The monoisotopic (exact) mass is 324 g/mol. The number of aromatic nitrogens is 5. The van der Waals surface area contributed by atoms with Gasteiger partial charge in [-0.15, -0.1) is 0 Å². The number of nitrogens with one attached hydrogen (secondary N) is 2. The molecule has 0 fully saturated rings.